The van der Waals surface area contributed by atoms with Crippen LogP contribution in [0.2, 0.25) is 0 Å². The zero-order valence-corrected chi connectivity index (χ0v) is 16.4. The van der Waals surface area contributed by atoms with Crippen molar-refractivity contribution in [3.8, 4) is 0 Å². The highest BCUT2D eigenvalue weighted by Gasteiger charge is 2.22. The third-order valence-corrected chi connectivity index (χ3v) is 5.19. The maximum absolute atomic E-state index is 13.0. The summed E-state index contributed by atoms with van der Waals surface area (Å²) in [6.07, 6.45) is 2.36. The molecular formula is C24H23N3O2. The number of fused-ring (bicyclic) bond motifs is 1. The Morgan fingerprint density at radius 3 is 2.69 bits per heavy atom. The third-order valence-electron chi connectivity index (χ3n) is 5.19. The molecule has 0 atom stereocenters. The van der Waals surface area contributed by atoms with E-state index in [4.69, 9.17) is 0 Å². The Bertz CT molecular complexity index is 1060. The molecule has 1 aliphatic rings. The van der Waals surface area contributed by atoms with Gasteiger partial charge in [-0.2, -0.15) is 0 Å². The van der Waals surface area contributed by atoms with Gasteiger partial charge in [0.05, 0.1) is 0 Å². The van der Waals surface area contributed by atoms with Crippen molar-refractivity contribution >= 4 is 11.8 Å². The van der Waals surface area contributed by atoms with Crippen molar-refractivity contribution in [2.75, 3.05) is 6.54 Å². The molecule has 0 radical (unpaired) electrons. The van der Waals surface area contributed by atoms with Crippen LogP contribution >= 0.6 is 0 Å². The Balaban J connectivity index is 1.44. The number of nitrogens with one attached hydrogen (secondary N) is 1. The number of aromatic nitrogens is 1. The van der Waals surface area contributed by atoms with Crippen LogP contribution in [-0.2, 0) is 19.5 Å². The zero-order chi connectivity index (χ0) is 20.2. The van der Waals surface area contributed by atoms with E-state index in [1.807, 2.05) is 48.2 Å². The first-order valence-electron chi connectivity index (χ1n) is 9.76. The summed E-state index contributed by atoms with van der Waals surface area (Å²) in [6, 6.07) is 19.4. The van der Waals surface area contributed by atoms with Crippen LogP contribution < -0.4 is 5.32 Å². The van der Waals surface area contributed by atoms with E-state index in [0.717, 1.165) is 17.5 Å². The van der Waals surface area contributed by atoms with Crippen LogP contribution in [0.15, 0.2) is 66.9 Å². The minimum absolute atomic E-state index is 0.0744. The summed E-state index contributed by atoms with van der Waals surface area (Å²) in [7, 11) is 0. The van der Waals surface area contributed by atoms with Crippen molar-refractivity contribution in [1.82, 2.24) is 15.2 Å². The fourth-order valence-electron chi connectivity index (χ4n) is 3.63. The number of nitrogens with zero attached hydrogens (tertiary/aromatic N) is 2. The van der Waals surface area contributed by atoms with Gasteiger partial charge in [-0.15, -0.1) is 0 Å². The minimum atomic E-state index is -0.287. The van der Waals surface area contributed by atoms with Gasteiger partial charge in [-0.25, -0.2) is 0 Å². The van der Waals surface area contributed by atoms with E-state index in [0.29, 0.717) is 25.2 Å². The number of aryl methyl sites for hydroxylation is 1. The van der Waals surface area contributed by atoms with Gasteiger partial charge in [0.1, 0.15) is 5.69 Å². The standard InChI is InChI=1S/C24H23N3O2/c1-17-5-4-6-18(13-17)15-26-23(28)22-14-20(9-11-25-22)24(29)27-12-10-19-7-2-3-8-21(19)16-27/h2-9,11,13-14H,10,12,15-16H2,1H3,(H,26,28). The fraction of sp³-hybridized carbons (Fsp3) is 0.208. The molecule has 146 valence electrons. The summed E-state index contributed by atoms with van der Waals surface area (Å²) < 4.78 is 0. The van der Waals surface area contributed by atoms with Gasteiger partial charge in [0.2, 0.25) is 0 Å². The molecule has 0 saturated carbocycles. The number of hydrogen-bond donors (Lipinski definition) is 1. The first kappa shape index (κ1) is 18.9. The topological polar surface area (TPSA) is 62.3 Å². The Labute approximate surface area is 170 Å². The van der Waals surface area contributed by atoms with Crippen LogP contribution in [0.25, 0.3) is 0 Å². The van der Waals surface area contributed by atoms with E-state index in [1.54, 1.807) is 12.1 Å². The Hall–Kier alpha value is -3.47. The molecule has 0 saturated heterocycles. The van der Waals surface area contributed by atoms with E-state index in [2.05, 4.69) is 22.4 Å². The molecule has 0 unspecified atom stereocenters. The first-order valence-corrected chi connectivity index (χ1v) is 9.76. The molecule has 4 rings (SSSR count). The SMILES string of the molecule is Cc1cccc(CNC(=O)c2cc(C(=O)N3CCc4ccccc4C3)ccn2)c1. The highest BCUT2D eigenvalue weighted by Crippen LogP contribution is 2.20. The number of benzene rings is 2. The second-order valence-electron chi connectivity index (χ2n) is 7.35. The third kappa shape index (κ3) is 4.35. The highest BCUT2D eigenvalue weighted by molar-refractivity contribution is 5.98. The lowest BCUT2D eigenvalue weighted by Crippen LogP contribution is -2.36. The van der Waals surface area contributed by atoms with Crippen LogP contribution in [-0.4, -0.2) is 28.2 Å². The van der Waals surface area contributed by atoms with Gasteiger partial charge >= 0.3 is 0 Å². The van der Waals surface area contributed by atoms with E-state index < -0.39 is 0 Å². The molecule has 0 fully saturated rings. The maximum atomic E-state index is 13.0. The van der Waals surface area contributed by atoms with Gasteiger partial charge in [-0.1, -0.05) is 54.1 Å². The van der Waals surface area contributed by atoms with Crippen molar-refractivity contribution in [2.24, 2.45) is 0 Å². The van der Waals surface area contributed by atoms with Gasteiger partial charge in [-0.05, 0) is 42.2 Å². The number of carbonyl (C=O) groups is 2. The van der Waals surface area contributed by atoms with E-state index in [9.17, 15) is 9.59 Å². The molecule has 1 aromatic heterocycles. The smallest absolute Gasteiger partial charge is 0.270 e. The lowest BCUT2D eigenvalue weighted by atomic mass is 9.99. The average Bonchev–Trinajstić information content (AvgIpc) is 2.76. The molecule has 29 heavy (non-hydrogen) atoms. The minimum Gasteiger partial charge on any atom is -0.347 e. The molecule has 2 heterocycles. The fourth-order valence-corrected chi connectivity index (χ4v) is 3.63. The van der Waals surface area contributed by atoms with Crippen molar-refractivity contribution in [1.29, 1.82) is 0 Å². The summed E-state index contributed by atoms with van der Waals surface area (Å²) in [6.45, 7) is 3.70. The van der Waals surface area contributed by atoms with Gasteiger partial charge in [0.15, 0.2) is 0 Å². The summed E-state index contributed by atoms with van der Waals surface area (Å²) in [5.41, 5.74) is 5.38. The molecule has 5 heteroatoms. The molecule has 3 aromatic rings. The van der Waals surface area contributed by atoms with Crippen LogP contribution in [0.5, 0.6) is 0 Å². The Morgan fingerprint density at radius 2 is 1.86 bits per heavy atom. The summed E-state index contributed by atoms with van der Waals surface area (Å²) >= 11 is 0. The maximum Gasteiger partial charge on any atom is 0.270 e. The van der Waals surface area contributed by atoms with Crippen molar-refractivity contribution in [3.05, 3.63) is 100 Å². The molecule has 0 aliphatic carbocycles. The second-order valence-corrected chi connectivity index (χ2v) is 7.35. The highest BCUT2D eigenvalue weighted by atomic mass is 16.2. The van der Waals surface area contributed by atoms with E-state index in [-0.39, 0.29) is 17.5 Å². The van der Waals surface area contributed by atoms with Gasteiger partial charge in [0.25, 0.3) is 11.8 Å². The van der Waals surface area contributed by atoms with Crippen molar-refractivity contribution < 1.29 is 9.59 Å². The molecule has 1 N–H and O–H groups in total. The normalized spacial score (nSPS) is 12.9. The van der Waals surface area contributed by atoms with Crippen molar-refractivity contribution in [2.45, 2.75) is 26.4 Å². The Morgan fingerprint density at radius 1 is 1.03 bits per heavy atom. The molecule has 2 amide bonds. The molecule has 2 aromatic carbocycles. The predicted octanol–water partition coefficient (Wildman–Crippen LogP) is 3.52. The quantitative estimate of drug-likeness (QED) is 0.747. The number of carbonyl (C=O) groups excluding carboxylic acids is 2. The molecule has 0 spiro atoms. The van der Waals surface area contributed by atoms with Gasteiger partial charge in [-0.3, -0.25) is 14.6 Å². The lowest BCUT2D eigenvalue weighted by molar-refractivity contribution is 0.0734. The summed E-state index contributed by atoms with van der Waals surface area (Å²) in [5.74, 6) is -0.361. The van der Waals surface area contributed by atoms with Crippen LogP contribution in [0.4, 0.5) is 0 Å². The van der Waals surface area contributed by atoms with E-state index >= 15 is 0 Å². The lowest BCUT2D eigenvalue weighted by Gasteiger charge is -2.29. The number of hydrogen-bond acceptors (Lipinski definition) is 3. The first-order chi connectivity index (χ1) is 14.1. The molecule has 5 nitrogen and oxygen atoms in total. The van der Waals surface area contributed by atoms with Crippen LogP contribution in [0, 0.1) is 6.92 Å². The average molecular weight is 385 g/mol. The monoisotopic (exact) mass is 385 g/mol. The number of amides is 2. The molecule has 0 bridgehead atoms. The van der Waals surface area contributed by atoms with Crippen molar-refractivity contribution in [3.63, 3.8) is 0 Å². The van der Waals surface area contributed by atoms with Gasteiger partial charge < -0.3 is 10.2 Å². The molecule has 1 aliphatic heterocycles. The Kier molecular flexibility index (Phi) is 5.38. The second kappa shape index (κ2) is 8.27. The number of pyridine rings is 1. The largest absolute Gasteiger partial charge is 0.347 e. The van der Waals surface area contributed by atoms with Gasteiger partial charge in [0, 0.05) is 31.4 Å². The number of rotatable bonds is 4. The zero-order valence-electron chi connectivity index (χ0n) is 16.4. The summed E-state index contributed by atoms with van der Waals surface area (Å²) in [5, 5.41) is 2.87. The predicted molar refractivity (Wildman–Crippen MR) is 111 cm³/mol. The van der Waals surface area contributed by atoms with Crippen LogP contribution in [0.1, 0.15) is 43.1 Å². The molecular weight excluding hydrogens is 362 g/mol. The summed E-state index contributed by atoms with van der Waals surface area (Å²) in [4.78, 5) is 31.5. The van der Waals surface area contributed by atoms with Crippen LogP contribution in [0.3, 0.4) is 0 Å². The van der Waals surface area contributed by atoms with E-state index in [1.165, 1.54) is 17.3 Å².